The Kier molecular flexibility index (Phi) is 31.5. The van der Waals surface area contributed by atoms with Crippen molar-refractivity contribution in [1.82, 2.24) is 29.4 Å². The Morgan fingerprint density at radius 1 is 0.245 bits per heavy atom. The second-order valence-corrected chi connectivity index (χ2v) is 18.0. The van der Waals surface area contributed by atoms with Crippen molar-refractivity contribution in [2.24, 2.45) is 0 Å². The molecule has 0 saturated carbocycles. The van der Waals surface area contributed by atoms with Crippen LogP contribution >= 0.6 is 73.3 Å². The van der Waals surface area contributed by atoms with Crippen molar-refractivity contribution in [1.29, 1.82) is 0 Å². The SMILES string of the molecule is S=C([S-])N1CCCC1.S=C([S-])N1CCCC1.S=C([S-])N1CCCC1.S=C([S-])N1CCCC1.S=C([S-])N1CCCC1.S=C([S-])N1CCCC1.[Mo+6]. The van der Waals surface area contributed by atoms with Crippen LogP contribution in [0.2, 0.25) is 0 Å². The zero-order chi connectivity index (χ0) is 35.9. The number of hydrogen-bond donors (Lipinski definition) is 0. The van der Waals surface area contributed by atoms with E-state index in [4.69, 9.17) is 149 Å². The van der Waals surface area contributed by atoms with Gasteiger partial charge in [0.05, 0.1) is 0 Å². The maximum atomic E-state index is 4.80. The van der Waals surface area contributed by atoms with E-state index in [1.165, 1.54) is 77.0 Å². The van der Waals surface area contributed by atoms with Crippen LogP contribution in [0.3, 0.4) is 0 Å². The van der Waals surface area contributed by atoms with E-state index in [-0.39, 0.29) is 21.1 Å². The molecule has 0 spiro atoms. The van der Waals surface area contributed by atoms with Crippen molar-refractivity contribution in [2.45, 2.75) is 77.0 Å². The molecular formula is C30H48MoN6S12. The van der Waals surface area contributed by atoms with Crippen LogP contribution in [0, 0.1) is 0 Å². The molecule has 6 fully saturated rings. The number of hydrogen-bond acceptors (Lipinski definition) is 12. The Morgan fingerprint density at radius 3 is 0.367 bits per heavy atom. The molecule has 6 nitrogen and oxygen atoms in total. The van der Waals surface area contributed by atoms with Crippen molar-refractivity contribution in [3.05, 3.63) is 0 Å². The molecular weight excluding hydrogens is 925 g/mol. The minimum Gasteiger partial charge on any atom is -0.411 e. The molecule has 49 heavy (non-hydrogen) atoms. The van der Waals surface area contributed by atoms with Gasteiger partial charge < -0.3 is 178 Å². The van der Waals surface area contributed by atoms with Crippen LogP contribution in [-0.2, 0) is 96.8 Å². The molecule has 0 aromatic rings. The number of thiocarbonyl (C=S) groups is 6. The van der Waals surface area contributed by atoms with Gasteiger partial charge in [0, 0.05) is 78.5 Å². The maximum Gasteiger partial charge on any atom is 6.00 e. The van der Waals surface area contributed by atoms with Crippen LogP contribution in [0.1, 0.15) is 77.0 Å². The summed E-state index contributed by atoms with van der Waals surface area (Å²) in [6.07, 6.45) is 15.1. The average molecular weight is 973 g/mol. The van der Waals surface area contributed by atoms with Crippen molar-refractivity contribution < 1.29 is 21.1 Å². The first-order valence-electron chi connectivity index (χ1n) is 16.6. The predicted octanol–water partition coefficient (Wildman–Crippen LogP) is 5.48. The number of rotatable bonds is 0. The molecule has 0 amide bonds. The van der Waals surface area contributed by atoms with Crippen LogP contribution in [0.25, 0.3) is 0 Å². The fourth-order valence-electron chi connectivity index (χ4n) is 5.40. The predicted molar refractivity (Wildman–Crippen MR) is 245 cm³/mol. The molecule has 6 aliphatic heterocycles. The Bertz CT molecular complexity index is 788. The maximum absolute atomic E-state index is 4.80. The van der Waals surface area contributed by atoms with Gasteiger partial charge in [-0.3, -0.25) is 0 Å². The van der Waals surface area contributed by atoms with Gasteiger partial charge in [-0.2, -0.15) is 0 Å². The number of likely N-dealkylation sites (tertiary alicyclic amines) is 6. The van der Waals surface area contributed by atoms with E-state index in [1.54, 1.807) is 0 Å². The third kappa shape index (κ3) is 24.4. The first kappa shape index (κ1) is 50.3. The summed E-state index contributed by atoms with van der Waals surface area (Å²) < 4.78 is 3.85. The Balaban J connectivity index is 0.000000562. The molecule has 6 saturated heterocycles. The Labute approximate surface area is 376 Å². The third-order valence-corrected chi connectivity index (χ3v) is 11.3. The fourth-order valence-corrected chi connectivity index (χ4v) is 7.59. The van der Waals surface area contributed by atoms with Gasteiger partial charge >= 0.3 is 21.1 Å². The summed E-state index contributed by atoms with van der Waals surface area (Å²) in [5.41, 5.74) is 0. The standard InChI is InChI=1S/6C5H9NS2.Mo/c6*7-5(8)6-3-1-2-4-6;/h6*1-4H2,(H,7,8);/q;;;;;;+6/p-6. The van der Waals surface area contributed by atoms with Gasteiger partial charge in [0.25, 0.3) is 0 Å². The summed E-state index contributed by atoms with van der Waals surface area (Å²) in [5, 5.41) is 0. The van der Waals surface area contributed by atoms with Crippen LogP contribution in [-0.4, -0.2) is 134 Å². The van der Waals surface area contributed by atoms with Gasteiger partial charge in [-0.15, -0.1) is 0 Å². The molecule has 0 unspecified atom stereocenters. The smallest absolute Gasteiger partial charge is 0.411 e. The largest absolute Gasteiger partial charge is 6.00 e. The molecule has 0 bridgehead atoms. The molecule has 0 atom stereocenters. The van der Waals surface area contributed by atoms with Gasteiger partial charge in [0.2, 0.25) is 0 Å². The van der Waals surface area contributed by atoms with Crippen LogP contribution < -0.4 is 0 Å². The molecule has 0 N–H and O–H groups in total. The second kappa shape index (κ2) is 30.6. The molecule has 0 aromatic heterocycles. The summed E-state index contributed by atoms with van der Waals surface area (Å²) >= 11 is 57.6. The van der Waals surface area contributed by atoms with E-state index in [2.05, 4.69) is 29.4 Å². The minimum absolute atomic E-state index is 0. The van der Waals surface area contributed by atoms with Gasteiger partial charge in [-0.05, 0) is 77.0 Å². The van der Waals surface area contributed by atoms with Crippen molar-refractivity contribution in [2.75, 3.05) is 78.5 Å². The van der Waals surface area contributed by atoms with E-state index >= 15 is 0 Å². The Hall–Kier alpha value is 1.35. The van der Waals surface area contributed by atoms with Crippen LogP contribution in [0.15, 0.2) is 0 Å². The minimum atomic E-state index is 0. The van der Waals surface area contributed by atoms with Crippen LogP contribution in [0.4, 0.5) is 0 Å². The van der Waals surface area contributed by atoms with Crippen LogP contribution in [0.5, 0.6) is 0 Å². The van der Waals surface area contributed by atoms with Crippen molar-refractivity contribution in [3.63, 3.8) is 0 Å². The molecule has 6 rings (SSSR count). The molecule has 19 heteroatoms. The second-order valence-electron chi connectivity index (χ2n) is 11.8. The first-order chi connectivity index (χ1) is 22.8. The zero-order valence-electron chi connectivity index (χ0n) is 28.0. The monoisotopic (exact) mass is 974 g/mol. The summed E-state index contributed by atoms with van der Waals surface area (Å²) in [6.45, 7) is 13.0. The normalized spacial score (nSPS) is 18.9. The molecule has 0 radical (unpaired) electrons. The zero-order valence-corrected chi connectivity index (χ0v) is 39.8. The summed E-state index contributed by atoms with van der Waals surface area (Å²) in [4.78, 5) is 12.4. The Morgan fingerprint density at radius 2 is 0.327 bits per heavy atom. The summed E-state index contributed by atoms with van der Waals surface area (Å²) in [7, 11) is 0. The molecule has 0 aliphatic carbocycles. The van der Waals surface area contributed by atoms with Crippen molar-refractivity contribution >= 4 is 175 Å². The van der Waals surface area contributed by atoms with E-state index in [0.717, 1.165) is 78.5 Å². The van der Waals surface area contributed by atoms with E-state index in [1.807, 2.05) is 0 Å². The van der Waals surface area contributed by atoms with Gasteiger partial charge in [0.15, 0.2) is 0 Å². The van der Waals surface area contributed by atoms with E-state index < -0.39 is 0 Å². The van der Waals surface area contributed by atoms with Gasteiger partial charge in [-0.25, -0.2) is 0 Å². The molecule has 276 valence electrons. The summed E-state index contributed by atoms with van der Waals surface area (Å²) in [5.74, 6) is 0. The third-order valence-electron chi connectivity index (χ3n) is 8.19. The topological polar surface area (TPSA) is 19.4 Å². The average Bonchev–Trinajstić information content (AvgIpc) is 3.91. The number of nitrogens with zero attached hydrogens (tertiary/aromatic N) is 6. The van der Waals surface area contributed by atoms with E-state index in [9.17, 15) is 0 Å². The quantitative estimate of drug-likeness (QED) is 0.174. The molecule has 6 heterocycles. The molecule has 6 aliphatic rings. The summed E-state index contributed by atoms with van der Waals surface area (Å²) in [6, 6.07) is 0. The van der Waals surface area contributed by atoms with Gasteiger partial charge in [-0.1, -0.05) is 25.9 Å². The first-order valence-corrected chi connectivity index (χ1v) is 21.5. The molecule has 0 aromatic carbocycles. The van der Waals surface area contributed by atoms with Gasteiger partial charge in [0.1, 0.15) is 0 Å². The fraction of sp³-hybridized carbons (Fsp3) is 0.800. The van der Waals surface area contributed by atoms with Crippen molar-refractivity contribution in [3.8, 4) is 0 Å². The van der Waals surface area contributed by atoms with E-state index in [0.29, 0.717) is 25.9 Å².